The van der Waals surface area contributed by atoms with Gasteiger partial charge in [-0.25, -0.2) is 4.79 Å². The van der Waals surface area contributed by atoms with Crippen molar-refractivity contribution >= 4 is 12.0 Å². The van der Waals surface area contributed by atoms with Gasteiger partial charge in [0.15, 0.2) is 5.60 Å². The number of carbonyl (C=O) groups is 2. The second-order valence-electron chi connectivity index (χ2n) is 12.0. The van der Waals surface area contributed by atoms with E-state index in [9.17, 15) is 9.59 Å². The molecular formula is C32H52N2O4. The Balaban J connectivity index is 1.38. The van der Waals surface area contributed by atoms with Gasteiger partial charge in [-0.2, -0.15) is 0 Å². The fraction of sp³-hybridized carbons (Fsp3) is 0.750. The van der Waals surface area contributed by atoms with Crippen LogP contribution in [0.5, 0.6) is 0 Å². The van der Waals surface area contributed by atoms with Crippen LogP contribution in [0.4, 0.5) is 4.79 Å². The monoisotopic (exact) mass is 528 g/mol. The number of unbranched alkanes of at least 4 members (excludes halogenated alkanes) is 13. The summed E-state index contributed by atoms with van der Waals surface area (Å²) >= 11 is 0. The van der Waals surface area contributed by atoms with Gasteiger partial charge in [-0.15, -0.1) is 0 Å². The maximum Gasteiger partial charge on any atom is 0.411 e. The highest BCUT2D eigenvalue weighted by molar-refractivity contribution is 5.95. The molecule has 2 aliphatic rings. The van der Waals surface area contributed by atoms with E-state index < -0.39 is 17.3 Å². The van der Waals surface area contributed by atoms with Gasteiger partial charge >= 0.3 is 6.09 Å². The summed E-state index contributed by atoms with van der Waals surface area (Å²) in [5.41, 5.74) is -0.455. The van der Waals surface area contributed by atoms with E-state index in [1.54, 1.807) is 12.0 Å². The lowest BCUT2D eigenvalue weighted by Gasteiger charge is -2.56. The van der Waals surface area contributed by atoms with Gasteiger partial charge in [-0.1, -0.05) is 121 Å². The van der Waals surface area contributed by atoms with Gasteiger partial charge < -0.3 is 14.4 Å². The molecule has 1 aromatic rings. The zero-order valence-electron chi connectivity index (χ0n) is 24.5. The third-order valence-corrected chi connectivity index (χ3v) is 8.45. The molecular weight excluding hydrogens is 476 g/mol. The van der Waals surface area contributed by atoms with Crippen LogP contribution in [0.1, 0.15) is 123 Å². The fourth-order valence-corrected chi connectivity index (χ4v) is 6.22. The van der Waals surface area contributed by atoms with Crippen LogP contribution in [0.15, 0.2) is 30.3 Å². The van der Waals surface area contributed by atoms with Crippen molar-refractivity contribution in [1.29, 1.82) is 0 Å². The van der Waals surface area contributed by atoms with Gasteiger partial charge in [0.2, 0.25) is 0 Å². The Morgan fingerprint density at radius 1 is 0.868 bits per heavy atom. The number of fused-ring (bicyclic) bond motifs is 1. The lowest BCUT2D eigenvalue weighted by Crippen LogP contribution is -2.78. The summed E-state index contributed by atoms with van der Waals surface area (Å²) in [4.78, 5) is 30.0. The normalized spacial score (nSPS) is 21.9. The number of β-lactam (4-membered cyclic amide) rings is 1. The van der Waals surface area contributed by atoms with Crippen molar-refractivity contribution < 1.29 is 19.1 Å². The Kier molecular flexibility index (Phi) is 11.9. The zero-order valence-corrected chi connectivity index (χ0v) is 24.5. The van der Waals surface area contributed by atoms with Crippen LogP contribution in [0.3, 0.4) is 0 Å². The summed E-state index contributed by atoms with van der Waals surface area (Å²) in [5, 5.41) is 0. The van der Waals surface area contributed by atoms with Crippen LogP contribution in [0.25, 0.3) is 0 Å². The Hall–Kier alpha value is -2.08. The van der Waals surface area contributed by atoms with Crippen molar-refractivity contribution in [1.82, 2.24) is 9.80 Å². The van der Waals surface area contributed by atoms with Gasteiger partial charge in [0, 0.05) is 13.7 Å². The highest BCUT2D eigenvalue weighted by atomic mass is 16.6. The van der Waals surface area contributed by atoms with Crippen LogP contribution < -0.4 is 0 Å². The van der Waals surface area contributed by atoms with Crippen molar-refractivity contribution in [2.24, 2.45) is 0 Å². The molecule has 2 fully saturated rings. The van der Waals surface area contributed by atoms with Crippen LogP contribution in [0.2, 0.25) is 0 Å². The minimum atomic E-state index is -0.962. The Labute approximate surface area is 231 Å². The van der Waals surface area contributed by atoms with Crippen molar-refractivity contribution in [3.05, 3.63) is 35.9 Å². The highest BCUT2D eigenvalue weighted by Crippen LogP contribution is 2.49. The average molecular weight is 529 g/mol. The maximum absolute atomic E-state index is 13.3. The van der Waals surface area contributed by atoms with Gasteiger partial charge in [0.05, 0.1) is 5.54 Å². The molecule has 0 spiro atoms. The average Bonchev–Trinajstić information content (AvgIpc) is 3.18. The first-order valence-corrected chi connectivity index (χ1v) is 15.2. The minimum Gasteiger partial charge on any atom is -0.444 e. The lowest BCUT2D eigenvalue weighted by molar-refractivity contribution is -0.214. The lowest BCUT2D eigenvalue weighted by atomic mass is 9.80. The topological polar surface area (TPSA) is 59.1 Å². The SMILES string of the molecule is CCCCCCCCCCCCCCCC[C@]1(OC)C(=O)N2[C@@H]1N(C(=O)OCc1ccccc1)CC2(C)C. The van der Waals surface area contributed by atoms with E-state index in [-0.39, 0.29) is 18.6 Å². The van der Waals surface area contributed by atoms with E-state index in [1.165, 1.54) is 77.0 Å². The number of amides is 2. The van der Waals surface area contributed by atoms with Gasteiger partial charge in [-0.05, 0) is 32.3 Å². The number of rotatable bonds is 18. The molecule has 0 aromatic heterocycles. The Morgan fingerprint density at radius 2 is 1.39 bits per heavy atom. The summed E-state index contributed by atoms with van der Waals surface area (Å²) in [6.45, 7) is 6.95. The number of hydrogen-bond donors (Lipinski definition) is 0. The summed E-state index contributed by atoms with van der Waals surface area (Å²) in [7, 11) is 1.61. The first-order valence-electron chi connectivity index (χ1n) is 15.2. The van der Waals surface area contributed by atoms with Crippen molar-refractivity contribution in [3.8, 4) is 0 Å². The summed E-state index contributed by atoms with van der Waals surface area (Å²) < 4.78 is 11.6. The first kappa shape index (κ1) is 30.5. The van der Waals surface area contributed by atoms with Gasteiger partial charge in [-0.3, -0.25) is 9.69 Å². The summed E-state index contributed by atoms with van der Waals surface area (Å²) in [6.07, 6.45) is 18.0. The summed E-state index contributed by atoms with van der Waals surface area (Å²) in [6, 6.07) is 9.68. The molecule has 214 valence electrons. The predicted molar refractivity (Wildman–Crippen MR) is 153 cm³/mol. The molecule has 0 aliphatic carbocycles. The second-order valence-corrected chi connectivity index (χ2v) is 12.0. The highest BCUT2D eigenvalue weighted by Gasteiger charge is 2.71. The molecule has 2 amide bonds. The second kappa shape index (κ2) is 14.9. The van der Waals surface area contributed by atoms with Crippen LogP contribution in [-0.4, -0.2) is 52.8 Å². The third-order valence-electron chi connectivity index (χ3n) is 8.45. The van der Waals surface area contributed by atoms with Crippen molar-refractivity contribution in [3.63, 3.8) is 0 Å². The van der Waals surface area contributed by atoms with E-state index in [1.807, 2.05) is 49.1 Å². The smallest absolute Gasteiger partial charge is 0.411 e. The molecule has 0 N–H and O–H groups in total. The minimum absolute atomic E-state index is 0.00283. The molecule has 38 heavy (non-hydrogen) atoms. The standard InChI is InChI=1S/C32H52N2O4/c1-5-6-7-8-9-10-11-12-13-14-15-16-17-21-24-32(37-4)28-33(26-31(2,3)34(28)29(32)35)30(36)38-25-27-22-19-18-20-23-27/h18-20,22-23,28H,5-17,21,24-26H2,1-4H3/t28-,32+/m0/s1. The molecule has 3 rings (SSSR count). The Bertz CT molecular complexity index is 858. The molecule has 0 saturated carbocycles. The van der Waals surface area contributed by atoms with Crippen molar-refractivity contribution in [2.75, 3.05) is 13.7 Å². The van der Waals surface area contributed by atoms with E-state index in [2.05, 4.69) is 6.92 Å². The van der Waals surface area contributed by atoms with Gasteiger partial charge in [0.1, 0.15) is 12.8 Å². The number of hydrogen-bond acceptors (Lipinski definition) is 4. The van der Waals surface area contributed by atoms with Crippen LogP contribution in [0, 0.1) is 0 Å². The number of carbonyl (C=O) groups excluding carboxylic acids is 2. The molecule has 0 bridgehead atoms. The molecule has 2 aliphatic heterocycles. The molecule has 2 heterocycles. The number of ether oxygens (including phenoxy) is 2. The maximum atomic E-state index is 13.3. The predicted octanol–water partition coefficient (Wildman–Crippen LogP) is 7.84. The van der Waals surface area contributed by atoms with Crippen molar-refractivity contribution in [2.45, 2.75) is 141 Å². The molecule has 2 atom stereocenters. The molecule has 1 aromatic carbocycles. The van der Waals surface area contributed by atoms with E-state index in [0.717, 1.165) is 18.4 Å². The largest absolute Gasteiger partial charge is 0.444 e. The first-order chi connectivity index (χ1) is 18.4. The zero-order chi connectivity index (χ0) is 27.4. The van der Waals surface area contributed by atoms with Crippen LogP contribution in [-0.2, 0) is 20.9 Å². The molecule has 2 saturated heterocycles. The third kappa shape index (κ3) is 7.52. The number of nitrogens with zero attached hydrogens (tertiary/aromatic N) is 2. The molecule has 0 radical (unpaired) electrons. The summed E-state index contributed by atoms with van der Waals surface area (Å²) in [5.74, 6) is 0.00283. The molecule has 6 nitrogen and oxygen atoms in total. The number of methoxy groups -OCH3 is 1. The fourth-order valence-electron chi connectivity index (χ4n) is 6.22. The molecule has 6 heteroatoms. The van der Waals surface area contributed by atoms with Crippen LogP contribution >= 0.6 is 0 Å². The molecule has 0 unspecified atom stereocenters. The van der Waals surface area contributed by atoms with E-state index in [0.29, 0.717) is 13.0 Å². The van der Waals surface area contributed by atoms with Gasteiger partial charge in [0.25, 0.3) is 5.91 Å². The van der Waals surface area contributed by atoms with E-state index in [4.69, 9.17) is 9.47 Å². The number of benzene rings is 1. The van der Waals surface area contributed by atoms with E-state index >= 15 is 0 Å². The quantitative estimate of drug-likeness (QED) is 0.144. The Morgan fingerprint density at radius 3 is 1.92 bits per heavy atom.